The lowest BCUT2D eigenvalue weighted by molar-refractivity contribution is -0.141. The van der Waals surface area contributed by atoms with Crippen molar-refractivity contribution in [1.29, 1.82) is 0 Å². The molecule has 0 spiro atoms. The zero-order valence-corrected chi connectivity index (χ0v) is 13.2. The van der Waals surface area contributed by atoms with Gasteiger partial charge in [-0.15, -0.1) is 0 Å². The summed E-state index contributed by atoms with van der Waals surface area (Å²) in [5, 5.41) is 15.7. The summed E-state index contributed by atoms with van der Waals surface area (Å²) in [6.45, 7) is 5.18. The topological polar surface area (TPSA) is 105 Å². The molecule has 7 heteroatoms. The van der Waals surface area contributed by atoms with Crippen LogP contribution in [0.15, 0.2) is 29.0 Å². The first-order valence-electron chi connectivity index (χ1n) is 7.25. The van der Waals surface area contributed by atoms with Crippen molar-refractivity contribution in [2.45, 2.75) is 39.2 Å². The van der Waals surface area contributed by atoms with Gasteiger partial charge in [-0.3, -0.25) is 9.78 Å². The maximum atomic E-state index is 12.4. The molecule has 23 heavy (non-hydrogen) atoms. The molecule has 0 aromatic carbocycles. The molecule has 0 radical (unpaired) electrons. The molecule has 0 aliphatic heterocycles. The molecule has 1 amide bonds. The van der Waals surface area contributed by atoms with Crippen molar-refractivity contribution in [2.24, 2.45) is 0 Å². The summed E-state index contributed by atoms with van der Waals surface area (Å²) in [7, 11) is 0. The van der Waals surface area contributed by atoms with E-state index in [1.807, 2.05) is 0 Å². The summed E-state index contributed by atoms with van der Waals surface area (Å²) in [5.41, 5.74) is 2.11. The fraction of sp³-hybridized carbons (Fsp3) is 0.375. The Morgan fingerprint density at radius 3 is 2.48 bits per heavy atom. The van der Waals surface area contributed by atoms with Gasteiger partial charge in [-0.05, 0) is 38.5 Å². The van der Waals surface area contributed by atoms with Crippen LogP contribution >= 0.6 is 0 Å². The Balaban J connectivity index is 2.10. The van der Waals surface area contributed by atoms with Gasteiger partial charge in [-0.25, -0.2) is 4.79 Å². The van der Waals surface area contributed by atoms with E-state index in [2.05, 4.69) is 15.5 Å². The number of aliphatic carboxylic acids is 1. The van der Waals surface area contributed by atoms with E-state index >= 15 is 0 Å². The van der Waals surface area contributed by atoms with Crippen LogP contribution in [0.5, 0.6) is 0 Å². The van der Waals surface area contributed by atoms with Crippen molar-refractivity contribution in [3.05, 3.63) is 47.1 Å². The number of hydrogen-bond acceptors (Lipinski definition) is 5. The summed E-state index contributed by atoms with van der Waals surface area (Å²) >= 11 is 0. The second-order valence-corrected chi connectivity index (χ2v) is 5.42. The molecule has 2 heterocycles. The zero-order valence-electron chi connectivity index (χ0n) is 13.2. The molecule has 2 unspecified atom stereocenters. The smallest absolute Gasteiger partial charge is 0.326 e. The van der Waals surface area contributed by atoms with Crippen LogP contribution in [-0.4, -0.2) is 33.2 Å². The summed E-state index contributed by atoms with van der Waals surface area (Å²) < 4.78 is 5.06. The number of carboxylic acids is 1. The lowest BCUT2D eigenvalue weighted by Crippen LogP contribution is -2.44. The molecule has 2 atom stereocenters. The highest BCUT2D eigenvalue weighted by Gasteiger charge is 2.27. The lowest BCUT2D eigenvalue weighted by Gasteiger charge is -2.18. The van der Waals surface area contributed by atoms with E-state index in [1.165, 1.54) is 0 Å². The van der Waals surface area contributed by atoms with Crippen LogP contribution in [0.3, 0.4) is 0 Å². The molecule has 0 saturated heterocycles. The fourth-order valence-corrected chi connectivity index (χ4v) is 2.49. The average Bonchev–Trinajstić information content (AvgIpc) is 2.85. The SMILES string of the molecule is Cc1noc(C)c1C(C)C(=O)NC(Cc1ccncc1)C(=O)O. The van der Waals surface area contributed by atoms with Crippen LogP contribution in [0.25, 0.3) is 0 Å². The molecule has 0 saturated carbocycles. The van der Waals surface area contributed by atoms with Crippen LogP contribution in [0.1, 0.15) is 35.4 Å². The van der Waals surface area contributed by atoms with Gasteiger partial charge in [0.25, 0.3) is 0 Å². The highest BCUT2D eigenvalue weighted by atomic mass is 16.5. The normalized spacial score (nSPS) is 13.3. The monoisotopic (exact) mass is 317 g/mol. The van der Waals surface area contributed by atoms with Gasteiger partial charge in [-0.2, -0.15) is 0 Å². The molecule has 7 nitrogen and oxygen atoms in total. The first kappa shape index (κ1) is 16.7. The van der Waals surface area contributed by atoms with E-state index in [0.717, 1.165) is 5.56 Å². The number of amides is 1. The molecular formula is C16H19N3O4. The Morgan fingerprint density at radius 2 is 1.96 bits per heavy atom. The number of carbonyl (C=O) groups excluding carboxylic acids is 1. The number of rotatable bonds is 6. The molecule has 2 aromatic heterocycles. The molecule has 0 aliphatic carbocycles. The van der Waals surface area contributed by atoms with Gasteiger partial charge < -0.3 is 14.9 Å². The lowest BCUT2D eigenvalue weighted by atomic mass is 9.97. The number of aryl methyl sites for hydroxylation is 2. The highest BCUT2D eigenvalue weighted by molar-refractivity contribution is 5.88. The molecule has 2 N–H and O–H groups in total. The van der Waals surface area contributed by atoms with E-state index in [1.54, 1.807) is 45.3 Å². The van der Waals surface area contributed by atoms with Crippen LogP contribution < -0.4 is 5.32 Å². The number of aromatic nitrogens is 2. The van der Waals surface area contributed by atoms with Crippen molar-refractivity contribution in [2.75, 3.05) is 0 Å². The number of nitrogens with zero attached hydrogens (tertiary/aromatic N) is 2. The Hall–Kier alpha value is -2.70. The predicted molar refractivity (Wildman–Crippen MR) is 81.9 cm³/mol. The fourth-order valence-electron chi connectivity index (χ4n) is 2.49. The molecular weight excluding hydrogens is 298 g/mol. The number of hydrogen-bond donors (Lipinski definition) is 2. The minimum absolute atomic E-state index is 0.192. The standard InChI is InChI=1S/C16H19N3O4/c1-9(14-10(2)19-23-11(14)3)15(20)18-13(16(21)22)8-12-4-6-17-7-5-12/h4-7,9,13H,8H2,1-3H3,(H,18,20)(H,21,22). The maximum absolute atomic E-state index is 12.4. The van der Waals surface area contributed by atoms with Gasteiger partial charge in [0.05, 0.1) is 11.6 Å². The molecule has 0 fully saturated rings. The van der Waals surface area contributed by atoms with E-state index in [0.29, 0.717) is 17.0 Å². The largest absolute Gasteiger partial charge is 0.480 e. The van der Waals surface area contributed by atoms with E-state index < -0.39 is 17.9 Å². The van der Waals surface area contributed by atoms with Crippen molar-refractivity contribution < 1.29 is 19.2 Å². The van der Waals surface area contributed by atoms with Gasteiger partial charge in [0.2, 0.25) is 5.91 Å². The third-order valence-electron chi connectivity index (χ3n) is 3.72. The molecule has 2 aromatic rings. The number of nitrogens with one attached hydrogen (secondary N) is 1. The molecule has 122 valence electrons. The molecule has 2 rings (SSSR count). The van der Waals surface area contributed by atoms with Crippen LogP contribution in [0.4, 0.5) is 0 Å². The zero-order chi connectivity index (χ0) is 17.0. The van der Waals surface area contributed by atoms with E-state index in [9.17, 15) is 14.7 Å². The van der Waals surface area contributed by atoms with Crippen LogP contribution in [-0.2, 0) is 16.0 Å². The van der Waals surface area contributed by atoms with Crippen molar-refractivity contribution in [3.8, 4) is 0 Å². The minimum atomic E-state index is -1.08. The minimum Gasteiger partial charge on any atom is -0.480 e. The number of carboxylic acid groups (broad SMARTS) is 1. The first-order chi connectivity index (χ1) is 10.9. The predicted octanol–water partition coefficient (Wildman–Crippen LogP) is 1.60. The quantitative estimate of drug-likeness (QED) is 0.838. The highest BCUT2D eigenvalue weighted by Crippen LogP contribution is 2.23. The van der Waals surface area contributed by atoms with Crippen molar-refractivity contribution in [1.82, 2.24) is 15.5 Å². The first-order valence-corrected chi connectivity index (χ1v) is 7.25. The summed E-state index contributed by atoms with van der Waals surface area (Å²) in [6, 6.07) is 2.44. The average molecular weight is 317 g/mol. The third-order valence-corrected chi connectivity index (χ3v) is 3.72. The Bertz CT molecular complexity index is 677. The van der Waals surface area contributed by atoms with Gasteiger partial charge >= 0.3 is 5.97 Å². The van der Waals surface area contributed by atoms with Gasteiger partial charge in [0, 0.05) is 24.4 Å². The molecule has 0 bridgehead atoms. The molecule has 0 aliphatic rings. The van der Waals surface area contributed by atoms with E-state index in [4.69, 9.17) is 4.52 Å². The van der Waals surface area contributed by atoms with Crippen molar-refractivity contribution >= 4 is 11.9 Å². The Labute approximate surface area is 133 Å². The summed E-state index contributed by atoms with van der Waals surface area (Å²) in [5.74, 6) is -1.44. The van der Waals surface area contributed by atoms with Crippen LogP contribution in [0.2, 0.25) is 0 Å². The van der Waals surface area contributed by atoms with Gasteiger partial charge in [0.15, 0.2) is 0 Å². The van der Waals surface area contributed by atoms with Gasteiger partial charge in [0.1, 0.15) is 11.8 Å². The second kappa shape index (κ2) is 7.04. The second-order valence-electron chi connectivity index (χ2n) is 5.42. The third kappa shape index (κ3) is 3.94. The summed E-state index contributed by atoms with van der Waals surface area (Å²) in [4.78, 5) is 27.7. The summed E-state index contributed by atoms with van der Waals surface area (Å²) in [6.07, 6.45) is 3.36. The Kier molecular flexibility index (Phi) is 5.10. The number of carbonyl (C=O) groups is 2. The maximum Gasteiger partial charge on any atom is 0.326 e. The Morgan fingerprint density at radius 1 is 1.30 bits per heavy atom. The van der Waals surface area contributed by atoms with E-state index in [-0.39, 0.29) is 12.3 Å². The number of pyridine rings is 1. The van der Waals surface area contributed by atoms with Crippen LogP contribution in [0, 0.1) is 13.8 Å². The van der Waals surface area contributed by atoms with Crippen molar-refractivity contribution in [3.63, 3.8) is 0 Å². The van der Waals surface area contributed by atoms with Gasteiger partial charge in [-0.1, -0.05) is 5.16 Å².